The summed E-state index contributed by atoms with van der Waals surface area (Å²) in [4.78, 5) is 9.88. The van der Waals surface area contributed by atoms with E-state index in [1.54, 1.807) is 0 Å². The predicted octanol–water partition coefficient (Wildman–Crippen LogP) is 1.07. The SMILES string of the molecule is CCCc1cc([N+](=O)[O-])cc(=N)n1O. The van der Waals surface area contributed by atoms with Gasteiger partial charge in [0, 0.05) is 6.07 Å². The van der Waals surface area contributed by atoms with Crippen molar-refractivity contribution in [1.29, 1.82) is 5.41 Å². The second kappa shape index (κ2) is 3.91. The maximum Gasteiger partial charge on any atom is 0.275 e. The highest BCUT2D eigenvalue weighted by Gasteiger charge is 2.10. The molecule has 0 aliphatic carbocycles. The van der Waals surface area contributed by atoms with Crippen molar-refractivity contribution in [1.82, 2.24) is 4.73 Å². The minimum absolute atomic E-state index is 0.163. The van der Waals surface area contributed by atoms with Gasteiger partial charge in [0.1, 0.15) is 0 Å². The molecule has 6 nitrogen and oxygen atoms in total. The predicted molar refractivity (Wildman–Crippen MR) is 48.1 cm³/mol. The number of nitrogens with one attached hydrogen (secondary N) is 1. The molecule has 0 saturated heterocycles. The van der Waals surface area contributed by atoms with Crippen molar-refractivity contribution in [3.8, 4) is 0 Å². The third-order valence-electron chi connectivity index (χ3n) is 1.82. The van der Waals surface area contributed by atoms with Gasteiger partial charge < -0.3 is 5.21 Å². The Hall–Kier alpha value is -1.85. The summed E-state index contributed by atoms with van der Waals surface area (Å²) >= 11 is 0. The molecule has 0 radical (unpaired) electrons. The van der Waals surface area contributed by atoms with Gasteiger partial charge in [-0.1, -0.05) is 13.3 Å². The Kier molecular flexibility index (Phi) is 2.85. The van der Waals surface area contributed by atoms with Crippen molar-refractivity contribution < 1.29 is 10.1 Å². The fraction of sp³-hybridized carbons (Fsp3) is 0.375. The molecule has 0 atom stereocenters. The quantitative estimate of drug-likeness (QED) is 0.431. The summed E-state index contributed by atoms with van der Waals surface area (Å²) < 4.78 is 0.663. The lowest BCUT2D eigenvalue weighted by atomic mass is 10.2. The summed E-state index contributed by atoms with van der Waals surface area (Å²) in [6, 6.07) is 2.29. The number of rotatable bonds is 3. The van der Waals surface area contributed by atoms with Crippen LogP contribution >= 0.6 is 0 Å². The summed E-state index contributed by atoms with van der Waals surface area (Å²) in [6.07, 6.45) is 1.26. The smallest absolute Gasteiger partial charge is 0.275 e. The Labute approximate surface area is 80.0 Å². The molecule has 0 spiro atoms. The number of aryl methyl sites for hydroxylation is 1. The van der Waals surface area contributed by atoms with Gasteiger partial charge in [0.2, 0.25) is 0 Å². The third kappa shape index (κ3) is 1.90. The van der Waals surface area contributed by atoms with Crippen LogP contribution in [0.5, 0.6) is 0 Å². The normalized spacial score (nSPS) is 10.1. The fourth-order valence-electron chi connectivity index (χ4n) is 1.17. The number of aromatic nitrogens is 1. The maximum atomic E-state index is 10.5. The fourth-order valence-corrected chi connectivity index (χ4v) is 1.17. The van der Waals surface area contributed by atoms with Crippen LogP contribution in [0.4, 0.5) is 5.69 Å². The minimum atomic E-state index is -0.572. The average molecular weight is 197 g/mol. The third-order valence-corrected chi connectivity index (χ3v) is 1.82. The van der Waals surface area contributed by atoms with Crippen LogP contribution in [0, 0.1) is 15.5 Å². The highest BCUT2D eigenvalue weighted by molar-refractivity contribution is 5.29. The van der Waals surface area contributed by atoms with Crippen molar-refractivity contribution in [2.24, 2.45) is 0 Å². The average Bonchev–Trinajstić information content (AvgIpc) is 2.12. The molecule has 1 aromatic heterocycles. The summed E-state index contributed by atoms with van der Waals surface area (Å²) in [7, 11) is 0. The largest absolute Gasteiger partial charge is 0.427 e. The molecule has 0 aliphatic rings. The zero-order valence-corrected chi connectivity index (χ0v) is 7.73. The van der Waals surface area contributed by atoms with Crippen molar-refractivity contribution in [2.75, 3.05) is 0 Å². The standard InChI is InChI=1S/C8H11N3O3/c1-2-3-6-4-7(11(13)14)5-8(9)10(6)12/h4-5,9,12H,2-3H2,1H3. The molecule has 0 bridgehead atoms. The van der Waals surface area contributed by atoms with E-state index in [-0.39, 0.29) is 11.2 Å². The van der Waals surface area contributed by atoms with Crippen LogP contribution in [0.15, 0.2) is 12.1 Å². The molecule has 76 valence electrons. The Morgan fingerprint density at radius 1 is 1.64 bits per heavy atom. The molecular formula is C8H11N3O3. The summed E-state index contributed by atoms with van der Waals surface area (Å²) in [5.41, 5.74) is -0.0573. The first-order chi connectivity index (χ1) is 6.56. The first kappa shape index (κ1) is 10.2. The Morgan fingerprint density at radius 2 is 2.29 bits per heavy atom. The lowest BCUT2D eigenvalue weighted by Crippen LogP contribution is -2.21. The number of nitrogens with zero attached hydrogens (tertiary/aromatic N) is 2. The van der Waals surface area contributed by atoms with Gasteiger partial charge in [-0.3, -0.25) is 15.5 Å². The Balaban J connectivity index is 3.28. The van der Waals surface area contributed by atoms with Gasteiger partial charge in [0.25, 0.3) is 5.69 Å². The van der Waals surface area contributed by atoms with Crippen LogP contribution in [-0.2, 0) is 6.42 Å². The van der Waals surface area contributed by atoms with Gasteiger partial charge in [-0.2, -0.15) is 4.73 Å². The number of hydrogen-bond acceptors (Lipinski definition) is 4. The highest BCUT2D eigenvalue weighted by Crippen LogP contribution is 2.10. The van der Waals surface area contributed by atoms with E-state index in [1.165, 1.54) is 6.07 Å². The molecule has 0 fully saturated rings. The first-order valence-electron chi connectivity index (χ1n) is 4.20. The molecule has 0 saturated carbocycles. The zero-order valence-electron chi connectivity index (χ0n) is 7.73. The molecular weight excluding hydrogens is 186 g/mol. The Morgan fingerprint density at radius 3 is 2.79 bits per heavy atom. The van der Waals surface area contributed by atoms with E-state index in [0.717, 1.165) is 12.5 Å². The lowest BCUT2D eigenvalue weighted by Gasteiger charge is -2.05. The van der Waals surface area contributed by atoms with Crippen molar-refractivity contribution in [2.45, 2.75) is 19.8 Å². The summed E-state index contributed by atoms with van der Waals surface area (Å²) in [6.45, 7) is 1.89. The molecule has 1 heterocycles. The summed E-state index contributed by atoms with van der Waals surface area (Å²) in [5.74, 6) is 0. The molecule has 0 unspecified atom stereocenters. The molecule has 14 heavy (non-hydrogen) atoms. The van der Waals surface area contributed by atoms with Gasteiger partial charge in [-0.15, -0.1) is 0 Å². The van der Waals surface area contributed by atoms with Gasteiger partial charge in [-0.25, -0.2) is 0 Å². The minimum Gasteiger partial charge on any atom is -0.427 e. The molecule has 0 aliphatic heterocycles. The number of nitro groups is 1. The van der Waals surface area contributed by atoms with Crippen LogP contribution in [0.25, 0.3) is 0 Å². The van der Waals surface area contributed by atoms with Crippen molar-refractivity contribution in [3.05, 3.63) is 33.4 Å². The summed E-state index contributed by atoms with van der Waals surface area (Å²) in [5, 5.41) is 27.1. The number of pyridine rings is 1. The topological polar surface area (TPSA) is 92.2 Å². The Bertz CT molecular complexity index is 411. The van der Waals surface area contributed by atoms with E-state index in [4.69, 9.17) is 5.41 Å². The van der Waals surface area contributed by atoms with E-state index >= 15 is 0 Å². The van der Waals surface area contributed by atoms with Crippen LogP contribution in [0.2, 0.25) is 0 Å². The molecule has 1 rings (SSSR count). The monoisotopic (exact) mass is 197 g/mol. The molecule has 0 amide bonds. The van der Waals surface area contributed by atoms with E-state index in [2.05, 4.69) is 0 Å². The molecule has 2 N–H and O–H groups in total. The number of hydrogen-bond donors (Lipinski definition) is 2. The van der Waals surface area contributed by atoms with E-state index in [0.29, 0.717) is 16.8 Å². The van der Waals surface area contributed by atoms with Crippen molar-refractivity contribution in [3.63, 3.8) is 0 Å². The zero-order chi connectivity index (χ0) is 10.7. The van der Waals surface area contributed by atoms with Crippen LogP contribution < -0.4 is 5.49 Å². The van der Waals surface area contributed by atoms with Gasteiger partial charge in [0.15, 0.2) is 5.49 Å². The van der Waals surface area contributed by atoms with Crippen LogP contribution in [0.3, 0.4) is 0 Å². The second-order valence-corrected chi connectivity index (χ2v) is 2.91. The molecule has 0 aromatic carbocycles. The van der Waals surface area contributed by atoms with Crippen LogP contribution in [-0.4, -0.2) is 14.9 Å². The van der Waals surface area contributed by atoms with Crippen LogP contribution in [0.1, 0.15) is 19.0 Å². The van der Waals surface area contributed by atoms with Gasteiger partial charge >= 0.3 is 0 Å². The molecule has 1 aromatic rings. The van der Waals surface area contributed by atoms with E-state index < -0.39 is 4.92 Å². The van der Waals surface area contributed by atoms with Gasteiger partial charge in [-0.05, 0) is 6.42 Å². The van der Waals surface area contributed by atoms with E-state index in [9.17, 15) is 15.3 Å². The lowest BCUT2D eigenvalue weighted by molar-refractivity contribution is -0.385. The maximum absolute atomic E-state index is 10.5. The van der Waals surface area contributed by atoms with Gasteiger partial charge in [0.05, 0.1) is 16.7 Å². The molecule has 6 heteroatoms. The highest BCUT2D eigenvalue weighted by atomic mass is 16.6. The van der Waals surface area contributed by atoms with E-state index in [1.807, 2.05) is 6.92 Å². The first-order valence-corrected chi connectivity index (χ1v) is 4.20. The van der Waals surface area contributed by atoms with Crippen molar-refractivity contribution >= 4 is 5.69 Å². The second-order valence-electron chi connectivity index (χ2n) is 2.91.